The van der Waals surface area contributed by atoms with Crippen molar-refractivity contribution in [3.05, 3.63) is 52.2 Å². The van der Waals surface area contributed by atoms with Crippen molar-refractivity contribution >= 4 is 22.9 Å². The van der Waals surface area contributed by atoms with Gasteiger partial charge in [-0.05, 0) is 42.0 Å². The van der Waals surface area contributed by atoms with Crippen molar-refractivity contribution in [2.24, 2.45) is 0 Å². The zero-order chi connectivity index (χ0) is 15.9. The summed E-state index contributed by atoms with van der Waals surface area (Å²) < 4.78 is 0. The molecular weight excluding hydrogens is 292 g/mol. The van der Waals surface area contributed by atoms with E-state index in [2.05, 4.69) is 55.7 Å². The van der Waals surface area contributed by atoms with Gasteiger partial charge in [-0.15, -0.1) is 11.3 Å². The molecule has 2 N–H and O–H groups in total. The van der Waals surface area contributed by atoms with Gasteiger partial charge in [-0.3, -0.25) is 4.79 Å². The van der Waals surface area contributed by atoms with Gasteiger partial charge < -0.3 is 10.2 Å². The van der Waals surface area contributed by atoms with Crippen molar-refractivity contribution < 1.29 is 9.69 Å². The second-order valence-electron chi connectivity index (χ2n) is 5.86. The third kappa shape index (κ3) is 4.97. The summed E-state index contributed by atoms with van der Waals surface area (Å²) in [6.45, 7) is 8.81. The Morgan fingerprint density at radius 1 is 1.23 bits per heavy atom. The molecule has 0 bridgehead atoms. The molecule has 0 saturated carbocycles. The molecule has 0 spiro atoms. The normalized spacial score (nSPS) is 12.4. The molecule has 0 aliphatic carbocycles. The van der Waals surface area contributed by atoms with Gasteiger partial charge in [0.05, 0.1) is 11.4 Å². The summed E-state index contributed by atoms with van der Waals surface area (Å²) in [6, 6.07) is 12.3. The van der Waals surface area contributed by atoms with Crippen LogP contribution in [0.25, 0.3) is 0 Å². The lowest BCUT2D eigenvalue weighted by atomic mass is 10.0. The van der Waals surface area contributed by atoms with E-state index in [1.54, 1.807) is 11.3 Å². The van der Waals surface area contributed by atoms with Crippen LogP contribution in [0.4, 0.5) is 5.69 Å². The van der Waals surface area contributed by atoms with Crippen LogP contribution in [0.3, 0.4) is 0 Å². The first-order valence-corrected chi connectivity index (χ1v) is 8.72. The zero-order valence-corrected chi connectivity index (χ0v) is 14.4. The molecule has 118 valence electrons. The number of nitrogens with one attached hydrogen (secondary N) is 2. The van der Waals surface area contributed by atoms with Crippen LogP contribution in [-0.4, -0.2) is 19.0 Å². The molecule has 22 heavy (non-hydrogen) atoms. The van der Waals surface area contributed by atoms with Gasteiger partial charge in [-0.25, -0.2) is 0 Å². The predicted octanol–water partition coefficient (Wildman–Crippen LogP) is 2.92. The van der Waals surface area contributed by atoms with E-state index in [4.69, 9.17) is 0 Å². The van der Waals surface area contributed by atoms with Gasteiger partial charge >= 0.3 is 0 Å². The first-order chi connectivity index (χ1) is 10.6. The van der Waals surface area contributed by atoms with Crippen LogP contribution in [0.15, 0.2) is 41.8 Å². The Morgan fingerprint density at radius 3 is 2.50 bits per heavy atom. The summed E-state index contributed by atoms with van der Waals surface area (Å²) in [5, 5.41) is 5.08. The Kier molecular flexibility index (Phi) is 6.16. The molecule has 1 aromatic heterocycles. The van der Waals surface area contributed by atoms with Crippen LogP contribution in [0, 0.1) is 0 Å². The number of likely N-dealkylation sites (N-methyl/N-ethyl adjacent to an activating group) is 1. The third-order valence-corrected chi connectivity index (χ3v) is 4.65. The maximum absolute atomic E-state index is 12.2. The Hall–Kier alpha value is -1.65. The highest BCUT2D eigenvalue weighted by molar-refractivity contribution is 7.09. The van der Waals surface area contributed by atoms with Crippen LogP contribution in [0.5, 0.6) is 0 Å². The zero-order valence-electron chi connectivity index (χ0n) is 13.6. The predicted molar refractivity (Wildman–Crippen MR) is 93.6 cm³/mol. The van der Waals surface area contributed by atoms with E-state index in [-0.39, 0.29) is 5.91 Å². The molecule has 3 nitrogen and oxygen atoms in total. The summed E-state index contributed by atoms with van der Waals surface area (Å²) >= 11 is 1.75. The molecule has 2 aromatic rings. The molecule has 1 heterocycles. The number of amides is 1. The molecule has 0 saturated heterocycles. The number of benzene rings is 1. The topological polar surface area (TPSA) is 33.5 Å². The van der Waals surface area contributed by atoms with Gasteiger partial charge in [0.15, 0.2) is 6.54 Å². The van der Waals surface area contributed by atoms with Gasteiger partial charge in [0.1, 0.15) is 6.54 Å². The first kappa shape index (κ1) is 16.7. The lowest BCUT2D eigenvalue weighted by Crippen LogP contribution is -3.11. The fourth-order valence-corrected chi connectivity index (χ4v) is 3.13. The van der Waals surface area contributed by atoms with Crippen LogP contribution in [0.1, 0.15) is 37.1 Å². The number of anilines is 1. The average Bonchev–Trinajstić information content (AvgIpc) is 3.00. The monoisotopic (exact) mass is 317 g/mol. The summed E-state index contributed by atoms with van der Waals surface area (Å²) in [5.41, 5.74) is 2.16. The average molecular weight is 317 g/mol. The Morgan fingerprint density at radius 2 is 1.95 bits per heavy atom. The number of carbonyl (C=O) groups is 1. The van der Waals surface area contributed by atoms with E-state index >= 15 is 0 Å². The lowest BCUT2D eigenvalue weighted by molar-refractivity contribution is -0.903. The molecule has 1 aromatic carbocycles. The molecule has 1 amide bonds. The van der Waals surface area contributed by atoms with Crippen LogP contribution in [0.2, 0.25) is 0 Å². The van der Waals surface area contributed by atoms with Crippen molar-refractivity contribution in [2.75, 3.05) is 18.4 Å². The summed E-state index contributed by atoms with van der Waals surface area (Å²) in [4.78, 5) is 14.8. The summed E-state index contributed by atoms with van der Waals surface area (Å²) in [5.74, 6) is 0.585. The van der Waals surface area contributed by atoms with Gasteiger partial charge in [-0.2, -0.15) is 0 Å². The quantitative estimate of drug-likeness (QED) is 0.809. The van der Waals surface area contributed by atoms with Crippen molar-refractivity contribution in [1.29, 1.82) is 0 Å². The number of rotatable bonds is 7. The minimum absolute atomic E-state index is 0.0747. The highest BCUT2D eigenvalue weighted by Gasteiger charge is 2.14. The smallest absolute Gasteiger partial charge is 0.279 e. The Bertz CT molecular complexity index is 576. The molecular formula is C18H25N2OS+. The van der Waals surface area contributed by atoms with E-state index < -0.39 is 0 Å². The summed E-state index contributed by atoms with van der Waals surface area (Å²) in [7, 11) is 0. The van der Waals surface area contributed by atoms with E-state index in [0.717, 1.165) is 18.8 Å². The molecule has 0 aliphatic heterocycles. The molecule has 1 atom stereocenters. The van der Waals surface area contributed by atoms with Crippen LogP contribution in [-0.2, 0) is 11.3 Å². The number of hydrogen-bond acceptors (Lipinski definition) is 2. The molecule has 0 aliphatic rings. The third-order valence-electron chi connectivity index (χ3n) is 3.78. The molecule has 1 unspecified atom stereocenters. The highest BCUT2D eigenvalue weighted by Crippen LogP contribution is 2.16. The fraction of sp³-hybridized carbons (Fsp3) is 0.389. The minimum atomic E-state index is 0.0747. The number of thiophene rings is 1. The number of hydrogen-bond donors (Lipinski definition) is 2. The van der Waals surface area contributed by atoms with Gasteiger partial charge in [0.25, 0.3) is 5.91 Å². The SMILES string of the molecule is CC[NH+](CC(=O)Nc1ccc(C(C)C)cc1)Cc1cccs1. The molecule has 0 radical (unpaired) electrons. The summed E-state index contributed by atoms with van der Waals surface area (Å²) in [6.07, 6.45) is 0. The Labute approximate surface area is 137 Å². The van der Waals surface area contributed by atoms with Crippen molar-refractivity contribution in [1.82, 2.24) is 0 Å². The second kappa shape index (κ2) is 8.11. The van der Waals surface area contributed by atoms with Gasteiger partial charge in [0, 0.05) is 5.69 Å². The van der Waals surface area contributed by atoms with Crippen LogP contribution < -0.4 is 10.2 Å². The van der Waals surface area contributed by atoms with Crippen molar-refractivity contribution in [3.8, 4) is 0 Å². The largest absolute Gasteiger partial charge is 0.323 e. The number of quaternary nitrogens is 1. The highest BCUT2D eigenvalue weighted by atomic mass is 32.1. The minimum Gasteiger partial charge on any atom is -0.323 e. The standard InChI is InChI=1S/C18H24N2OS/c1-4-20(12-17-6-5-11-22-17)13-18(21)19-16-9-7-15(8-10-16)14(2)3/h5-11,14H,4,12-13H2,1-3H3,(H,19,21)/p+1. The first-order valence-electron chi connectivity index (χ1n) is 7.84. The maximum Gasteiger partial charge on any atom is 0.279 e. The Balaban J connectivity index is 1.88. The van der Waals surface area contributed by atoms with Crippen LogP contribution >= 0.6 is 11.3 Å². The van der Waals surface area contributed by atoms with E-state index in [1.807, 2.05) is 12.1 Å². The van der Waals surface area contributed by atoms with Crippen molar-refractivity contribution in [3.63, 3.8) is 0 Å². The number of carbonyl (C=O) groups excluding carboxylic acids is 1. The van der Waals surface area contributed by atoms with Crippen molar-refractivity contribution in [2.45, 2.75) is 33.2 Å². The second-order valence-corrected chi connectivity index (χ2v) is 6.89. The van der Waals surface area contributed by atoms with Gasteiger partial charge in [0.2, 0.25) is 0 Å². The molecule has 0 fully saturated rings. The molecule has 4 heteroatoms. The van der Waals surface area contributed by atoms with Gasteiger partial charge in [-0.1, -0.05) is 32.0 Å². The molecule has 2 rings (SSSR count). The van der Waals surface area contributed by atoms with E-state index in [1.165, 1.54) is 15.3 Å². The van der Waals surface area contributed by atoms with E-state index in [9.17, 15) is 4.79 Å². The maximum atomic E-state index is 12.2. The fourth-order valence-electron chi connectivity index (χ4n) is 2.36. The lowest BCUT2D eigenvalue weighted by Gasteiger charge is -2.16. The van der Waals surface area contributed by atoms with E-state index in [0.29, 0.717) is 12.5 Å².